The van der Waals surface area contributed by atoms with E-state index >= 15 is 0 Å². The number of nitrogens with one attached hydrogen (secondary N) is 1. The van der Waals surface area contributed by atoms with Gasteiger partial charge in [-0.2, -0.15) is 0 Å². The van der Waals surface area contributed by atoms with Crippen molar-refractivity contribution in [3.8, 4) is 5.75 Å². The minimum absolute atomic E-state index is 0.0605. The topological polar surface area (TPSA) is 108 Å². The second-order valence-corrected chi connectivity index (χ2v) is 5.38. The number of ketones is 1. The third-order valence-corrected chi connectivity index (χ3v) is 3.76. The lowest BCUT2D eigenvalue weighted by Gasteiger charge is -2.33. The molecular formula is C19H18NO7. The number of allylic oxidation sites excluding steroid dienone is 2. The van der Waals surface area contributed by atoms with Crippen LogP contribution >= 0.6 is 0 Å². The molecule has 0 heterocycles. The van der Waals surface area contributed by atoms with Gasteiger partial charge in [0.2, 0.25) is 17.7 Å². The third-order valence-electron chi connectivity index (χ3n) is 3.76. The molecular weight excluding hydrogens is 354 g/mol. The highest BCUT2D eigenvalue weighted by molar-refractivity contribution is 6.09. The molecule has 27 heavy (non-hydrogen) atoms. The maximum atomic E-state index is 13.3. The maximum Gasteiger partial charge on any atom is 0.513 e. The van der Waals surface area contributed by atoms with Crippen molar-refractivity contribution >= 4 is 24.3 Å². The highest BCUT2D eigenvalue weighted by atomic mass is 16.7. The molecule has 1 aromatic carbocycles. The van der Waals surface area contributed by atoms with Gasteiger partial charge in [0, 0.05) is 7.05 Å². The molecule has 0 fully saturated rings. The number of Topliss-reactive ketones (excluding diaryl/α,β-unsaturated/α-hetero) is 1. The Morgan fingerprint density at radius 3 is 2.63 bits per heavy atom. The van der Waals surface area contributed by atoms with E-state index in [1.54, 1.807) is 25.3 Å². The molecule has 1 amide bonds. The first-order valence-corrected chi connectivity index (χ1v) is 8.11. The van der Waals surface area contributed by atoms with Gasteiger partial charge in [0.25, 0.3) is 0 Å². The number of para-hydroxylation sites is 1. The van der Waals surface area contributed by atoms with Crippen LogP contribution in [-0.2, 0) is 14.3 Å². The first-order valence-electron chi connectivity index (χ1n) is 8.11. The summed E-state index contributed by atoms with van der Waals surface area (Å²) in [5.74, 6) is -2.02. The Balaban J connectivity index is 2.49. The second-order valence-electron chi connectivity index (χ2n) is 5.38. The zero-order valence-electron chi connectivity index (χ0n) is 14.8. The van der Waals surface area contributed by atoms with E-state index in [0.717, 1.165) is 0 Å². The lowest BCUT2D eigenvalue weighted by molar-refractivity contribution is 0.0284. The Hall–Kier alpha value is -3.42. The highest BCUT2D eigenvalue weighted by Gasteiger charge is 2.49. The smallest absolute Gasteiger partial charge is 0.434 e. The molecule has 2 unspecified atom stereocenters. The molecule has 1 N–H and O–H groups in total. The van der Waals surface area contributed by atoms with E-state index in [9.17, 15) is 19.2 Å². The summed E-state index contributed by atoms with van der Waals surface area (Å²) in [4.78, 5) is 48.3. The second kappa shape index (κ2) is 8.79. The van der Waals surface area contributed by atoms with Gasteiger partial charge in [-0.15, -0.1) is 0 Å². The van der Waals surface area contributed by atoms with Crippen molar-refractivity contribution in [2.45, 2.75) is 12.5 Å². The molecule has 0 spiro atoms. The van der Waals surface area contributed by atoms with E-state index in [-0.39, 0.29) is 17.9 Å². The predicted octanol–water partition coefficient (Wildman–Crippen LogP) is 2.35. The van der Waals surface area contributed by atoms with Gasteiger partial charge in [-0.25, -0.2) is 9.59 Å². The zero-order valence-corrected chi connectivity index (χ0v) is 14.8. The SMILES string of the molecule is CCOC(=O)Oc1ccccc1C(=O)C1(OC(=O)NC)C=CC=CC1[C]=O. The van der Waals surface area contributed by atoms with E-state index < -0.39 is 29.6 Å². The van der Waals surface area contributed by atoms with Crippen LogP contribution in [0.2, 0.25) is 0 Å². The molecule has 8 heteroatoms. The van der Waals surface area contributed by atoms with Gasteiger partial charge < -0.3 is 19.5 Å². The molecule has 0 aromatic heterocycles. The molecule has 1 aromatic rings. The molecule has 1 aliphatic rings. The van der Waals surface area contributed by atoms with Crippen molar-refractivity contribution < 1.29 is 33.4 Å². The van der Waals surface area contributed by atoms with Crippen molar-refractivity contribution in [2.24, 2.45) is 5.92 Å². The Kier molecular flexibility index (Phi) is 6.48. The number of benzene rings is 1. The molecule has 2 rings (SSSR count). The number of hydrogen-bond donors (Lipinski definition) is 1. The normalized spacial score (nSPS) is 20.4. The monoisotopic (exact) mass is 372 g/mol. The maximum absolute atomic E-state index is 13.3. The molecule has 141 valence electrons. The summed E-state index contributed by atoms with van der Waals surface area (Å²) in [7, 11) is 1.32. The van der Waals surface area contributed by atoms with E-state index in [1.807, 2.05) is 0 Å². The zero-order chi connectivity index (χ0) is 19.9. The van der Waals surface area contributed by atoms with Gasteiger partial charge in [0.15, 0.2) is 0 Å². The Morgan fingerprint density at radius 1 is 1.22 bits per heavy atom. The largest absolute Gasteiger partial charge is 0.513 e. The van der Waals surface area contributed by atoms with Crippen molar-refractivity contribution in [3.05, 3.63) is 54.1 Å². The third kappa shape index (κ3) is 4.22. The first kappa shape index (κ1) is 19.9. The fourth-order valence-electron chi connectivity index (χ4n) is 2.50. The highest BCUT2D eigenvalue weighted by Crippen LogP contribution is 2.34. The van der Waals surface area contributed by atoms with E-state index in [0.29, 0.717) is 0 Å². The lowest BCUT2D eigenvalue weighted by Crippen LogP contribution is -2.50. The number of carbonyl (C=O) groups excluding carboxylic acids is 4. The number of ether oxygens (including phenoxy) is 3. The molecule has 1 aliphatic carbocycles. The molecule has 0 saturated heterocycles. The fourth-order valence-corrected chi connectivity index (χ4v) is 2.50. The van der Waals surface area contributed by atoms with Crippen LogP contribution < -0.4 is 10.1 Å². The van der Waals surface area contributed by atoms with Gasteiger partial charge in [-0.1, -0.05) is 30.4 Å². The quantitative estimate of drug-likeness (QED) is 0.464. The van der Waals surface area contributed by atoms with Gasteiger partial charge >= 0.3 is 12.2 Å². The van der Waals surface area contributed by atoms with Crippen LogP contribution in [-0.4, -0.2) is 43.6 Å². The number of amides is 1. The summed E-state index contributed by atoms with van der Waals surface area (Å²) in [6.07, 6.45) is 5.51. The van der Waals surface area contributed by atoms with E-state index in [2.05, 4.69) is 5.32 Å². The summed E-state index contributed by atoms with van der Waals surface area (Å²) < 4.78 is 15.1. The Morgan fingerprint density at radius 2 is 1.96 bits per heavy atom. The summed E-state index contributed by atoms with van der Waals surface area (Å²) >= 11 is 0. The number of rotatable bonds is 6. The number of hydrogen-bond acceptors (Lipinski definition) is 7. The van der Waals surface area contributed by atoms with Crippen molar-refractivity contribution in [3.63, 3.8) is 0 Å². The fraction of sp³-hybridized carbons (Fsp3) is 0.263. The van der Waals surface area contributed by atoms with Crippen molar-refractivity contribution in [1.82, 2.24) is 5.32 Å². The molecule has 8 nitrogen and oxygen atoms in total. The molecule has 1 radical (unpaired) electrons. The van der Waals surface area contributed by atoms with Crippen LogP contribution in [0.5, 0.6) is 5.75 Å². The van der Waals surface area contributed by atoms with Gasteiger partial charge in [-0.3, -0.25) is 9.59 Å². The van der Waals surface area contributed by atoms with Crippen LogP contribution in [0, 0.1) is 5.92 Å². The molecule has 2 atom stereocenters. The minimum Gasteiger partial charge on any atom is -0.434 e. The Labute approximate surface area is 155 Å². The van der Waals surface area contributed by atoms with Gasteiger partial charge in [-0.05, 0) is 25.1 Å². The molecule has 0 saturated carbocycles. The van der Waals surface area contributed by atoms with E-state index in [4.69, 9.17) is 14.2 Å². The van der Waals surface area contributed by atoms with Crippen LogP contribution in [0.15, 0.2) is 48.6 Å². The van der Waals surface area contributed by atoms with Gasteiger partial charge in [0.05, 0.1) is 18.1 Å². The summed E-state index contributed by atoms with van der Waals surface area (Å²) in [6, 6.07) is 5.87. The average Bonchev–Trinajstić information content (AvgIpc) is 2.68. The number of carbonyl (C=O) groups is 3. The van der Waals surface area contributed by atoms with Crippen LogP contribution in [0.3, 0.4) is 0 Å². The lowest BCUT2D eigenvalue weighted by atomic mass is 9.78. The number of alkyl carbamates (subject to hydrolysis) is 1. The van der Waals surface area contributed by atoms with E-state index in [1.165, 1.54) is 43.5 Å². The summed E-state index contributed by atoms with van der Waals surface area (Å²) in [5.41, 5.74) is -2.03. The van der Waals surface area contributed by atoms with Crippen LogP contribution in [0.1, 0.15) is 17.3 Å². The van der Waals surface area contributed by atoms with Crippen molar-refractivity contribution in [1.29, 1.82) is 0 Å². The van der Waals surface area contributed by atoms with Crippen molar-refractivity contribution in [2.75, 3.05) is 13.7 Å². The molecule has 0 bridgehead atoms. The van der Waals surface area contributed by atoms with Gasteiger partial charge in [0.1, 0.15) is 5.75 Å². The minimum atomic E-state index is -1.97. The van der Waals surface area contributed by atoms with Crippen LogP contribution in [0.4, 0.5) is 9.59 Å². The predicted molar refractivity (Wildman–Crippen MR) is 94.2 cm³/mol. The first-order chi connectivity index (χ1) is 13.0. The Bertz CT molecular complexity index is 799. The standard InChI is InChI=1S/C19H18NO7/c1-3-25-18(24)26-15-10-5-4-9-14(15)16(22)19(27-17(23)20-2)11-7-6-8-13(19)12-21/h4-11,13H,3H2,1-2H3,(H,20,23). The average molecular weight is 372 g/mol. The summed E-state index contributed by atoms with van der Waals surface area (Å²) in [6.45, 7) is 1.70. The molecule has 0 aliphatic heterocycles. The summed E-state index contributed by atoms with van der Waals surface area (Å²) in [5, 5.41) is 2.25. The van der Waals surface area contributed by atoms with Crippen LogP contribution in [0.25, 0.3) is 0 Å².